The second kappa shape index (κ2) is 10.9. The van der Waals surface area contributed by atoms with Gasteiger partial charge in [0.05, 0.1) is 19.5 Å². The Labute approximate surface area is 196 Å². The molecule has 6 nitrogen and oxygen atoms in total. The normalized spacial score (nSPS) is 11.4. The van der Waals surface area contributed by atoms with Crippen molar-refractivity contribution in [3.05, 3.63) is 77.3 Å². The molecule has 1 atom stereocenters. The average Bonchev–Trinajstić information content (AvgIpc) is 2.79. The van der Waals surface area contributed by atoms with E-state index in [1.165, 1.54) is 18.9 Å². The van der Waals surface area contributed by atoms with Crippen molar-refractivity contribution < 1.29 is 19.1 Å². The van der Waals surface area contributed by atoms with Gasteiger partial charge in [-0.1, -0.05) is 17.7 Å². The first-order valence-corrected chi connectivity index (χ1v) is 11.0. The standard InChI is InChI=1S/C24H23ClN2O4S/c1-15(23(28)27-19-6-4-5-17(25)14-19)32-20-10-8-18(9-11-20)26-24(29)16-7-12-21(30-2)22(13-16)31-3/h4-15H,1-3H3,(H,26,29)(H,27,28). The molecule has 3 aromatic carbocycles. The van der Waals surface area contributed by atoms with Crippen LogP contribution in [-0.4, -0.2) is 31.3 Å². The molecule has 0 saturated heterocycles. The molecule has 0 saturated carbocycles. The van der Waals surface area contributed by atoms with Gasteiger partial charge in [-0.2, -0.15) is 0 Å². The van der Waals surface area contributed by atoms with E-state index in [1.54, 1.807) is 61.7 Å². The number of amides is 2. The van der Waals surface area contributed by atoms with Crippen LogP contribution < -0.4 is 20.1 Å². The third-order valence-corrected chi connectivity index (χ3v) is 5.88. The van der Waals surface area contributed by atoms with E-state index in [-0.39, 0.29) is 17.1 Å². The third kappa shape index (κ3) is 6.18. The van der Waals surface area contributed by atoms with Crippen molar-refractivity contribution in [2.75, 3.05) is 24.9 Å². The lowest BCUT2D eigenvalue weighted by molar-refractivity contribution is -0.115. The largest absolute Gasteiger partial charge is 0.493 e. The number of nitrogens with one attached hydrogen (secondary N) is 2. The molecule has 0 radical (unpaired) electrons. The van der Waals surface area contributed by atoms with Crippen molar-refractivity contribution >= 4 is 46.6 Å². The summed E-state index contributed by atoms with van der Waals surface area (Å²) in [6.07, 6.45) is 0. The van der Waals surface area contributed by atoms with Crippen LogP contribution in [0.15, 0.2) is 71.6 Å². The van der Waals surface area contributed by atoms with Gasteiger partial charge in [-0.25, -0.2) is 0 Å². The fraction of sp³-hybridized carbons (Fsp3) is 0.167. The number of ether oxygens (including phenoxy) is 2. The number of carbonyl (C=O) groups excluding carboxylic acids is 2. The number of hydrogen-bond acceptors (Lipinski definition) is 5. The summed E-state index contributed by atoms with van der Waals surface area (Å²) >= 11 is 7.38. The van der Waals surface area contributed by atoms with E-state index in [0.29, 0.717) is 33.5 Å². The smallest absolute Gasteiger partial charge is 0.255 e. The first-order valence-electron chi connectivity index (χ1n) is 9.76. The zero-order chi connectivity index (χ0) is 23.1. The van der Waals surface area contributed by atoms with Crippen LogP contribution in [0, 0.1) is 0 Å². The van der Waals surface area contributed by atoms with Crippen LogP contribution in [0.3, 0.4) is 0 Å². The molecule has 0 bridgehead atoms. The third-order valence-electron chi connectivity index (χ3n) is 4.53. The van der Waals surface area contributed by atoms with Gasteiger partial charge in [-0.05, 0) is 67.6 Å². The molecular formula is C24H23ClN2O4S. The van der Waals surface area contributed by atoms with Crippen LogP contribution in [0.25, 0.3) is 0 Å². The lowest BCUT2D eigenvalue weighted by Crippen LogP contribution is -2.22. The maximum Gasteiger partial charge on any atom is 0.255 e. The summed E-state index contributed by atoms with van der Waals surface area (Å²) in [7, 11) is 3.06. The molecule has 0 aliphatic heterocycles. The fourth-order valence-corrected chi connectivity index (χ4v) is 3.92. The lowest BCUT2D eigenvalue weighted by atomic mass is 10.2. The van der Waals surface area contributed by atoms with Gasteiger partial charge in [0.1, 0.15) is 0 Å². The minimum atomic E-state index is -0.318. The second-order valence-corrected chi connectivity index (χ2v) is 8.66. The SMILES string of the molecule is COc1ccc(C(=O)Nc2ccc(SC(C)C(=O)Nc3cccc(Cl)c3)cc2)cc1OC. The van der Waals surface area contributed by atoms with E-state index in [1.807, 2.05) is 19.1 Å². The number of halogens is 1. The van der Waals surface area contributed by atoms with Crippen LogP contribution in [0.4, 0.5) is 11.4 Å². The van der Waals surface area contributed by atoms with Gasteiger partial charge in [0, 0.05) is 26.9 Å². The number of anilines is 2. The van der Waals surface area contributed by atoms with Gasteiger partial charge < -0.3 is 20.1 Å². The van der Waals surface area contributed by atoms with Crippen molar-refractivity contribution in [2.24, 2.45) is 0 Å². The molecule has 0 aliphatic carbocycles. The summed E-state index contributed by atoms with van der Waals surface area (Å²) in [5.41, 5.74) is 1.75. The Balaban J connectivity index is 1.58. The Morgan fingerprint density at radius 1 is 0.875 bits per heavy atom. The van der Waals surface area contributed by atoms with Gasteiger partial charge in [-0.15, -0.1) is 11.8 Å². The van der Waals surface area contributed by atoms with Crippen LogP contribution >= 0.6 is 23.4 Å². The quantitative estimate of drug-likeness (QED) is 0.411. The molecule has 0 heterocycles. The highest BCUT2D eigenvalue weighted by Gasteiger charge is 2.15. The number of benzene rings is 3. The minimum Gasteiger partial charge on any atom is -0.493 e. The van der Waals surface area contributed by atoms with Crippen LogP contribution in [0.2, 0.25) is 5.02 Å². The molecule has 0 aliphatic rings. The average molecular weight is 471 g/mol. The predicted molar refractivity (Wildman–Crippen MR) is 129 cm³/mol. The fourth-order valence-electron chi connectivity index (χ4n) is 2.87. The van der Waals surface area contributed by atoms with Gasteiger partial charge in [-0.3, -0.25) is 9.59 Å². The summed E-state index contributed by atoms with van der Waals surface area (Å²) in [5, 5.41) is 5.95. The molecular weight excluding hydrogens is 448 g/mol. The molecule has 2 N–H and O–H groups in total. The van der Waals surface area contributed by atoms with Gasteiger partial charge >= 0.3 is 0 Å². The number of rotatable bonds is 8. The van der Waals surface area contributed by atoms with E-state index >= 15 is 0 Å². The number of methoxy groups -OCH3 is 2. The van der Waals surface area contributed by atoms with Crippen molar-refractivity contribution in [2.45, 2.75) is 17.1 Å². The van der Waals surface area contributed by atoms with E-state index in [2.05, 4.69) is 10.6 Å². The van der Waals surface area contributed by atoms with Gasteiger partial charge in [0.2, 0.25) is 5.91 Å². The van der Waals surface area contributed by atoms with E-state index in [0.717, 1.165) is 4.90 Å². The highest BCUT2D eigenvalue weighted by molar-refractivity contribution is 8.00. The topological polar surface area (TPSA) is 76.7 Å². The number of carbonyl (C=O) groups is 2. The molecule has 1 unspecified atom stereocenters. The molecule has 3 aromatic rings. The highest BCUT2D eigenvalue weighted by atomic mass is 35.5. The molecule has 8 heteroatoms. The molecule has 32 heavy (non-hydrogen) atoms. The van der Waals surface area contributed by atoms with Crippen molar-refractivity contribution in [3.63, 3.8) is 0 Å². The first kappa shape index (κ1) is 23.5. The Bertz CT molecular complexity index is 1110. The maximum absolute atomic E-state index is 12.6. The number of thioether (sulfide) groups is 1. The van der Waals surface area contributed by atoms with Crippen LogP contribution in [-0.2, 0) is 4.79 Å². The van der Waals surface area contributed by atoms with Gasteiger partial charge in [0.25, 0.3) is 5.91 Å². The summed E-state index contributed by atoms with van der Waals surface area (Å²) in [6, 6.07) is 19.3. The minimum absolute atomic E-state index is 0.122. The molecule has 0 fully saturated rings. The summed E-state index contributed by atoms with van der Waals surface area (Å²) in [4.78, 5) is 25.9. The van der Waals surface area contributed by atoms with Crippen LogP contribution in [0.5, 0.6) is 11.5 Å². The zero-order valence-electron chi connectivity index (χ0n) is 17.8. The molecule has 166 valence electrons. The molecule has 3 rings (SSSR count). The molecule has 2 amide bonds. The summed E-state index contributed by atoms with van der Waals surface area (Å²) in [5.74, 6) is 0.652. The van der Waals surface area contributed by atoms with Crippen molar-refractivity contribution in [1.29, 1.82) is 0 Å². The Hall–Kier alpha value is -3.16. The zero-order valence-corrected chi connectivity index (χ0v) is 19.4. The Kier molecular flexibility index (Phi) is 8.03. The van der Waals surface area contributed by atoms with Crippen molar-refractivity contribution in [3.8, 4) is 11.5 Å². The van der Waals surface area contributed by atoms with E-state index in [4.69, 9.17) is 21.1 Å². The number of hydrogen-bond donors (Lipinski definition) is 2. The highest BCUT2D eigenvalue weighted by Crippen LogP contribution is 2.29. The lowest BCUT2D eigenvalue weighted by Gasteiger charge is -2.13. The molecule has 0 aromatic heterocycles. The Morgan fingerprint density at radius 2 is 1.59 bits per heavy atom. The van der Waals surface area contributed by atoms with Crippen molar-refractivity contribution in [1.82, 2.24) is 0 Å². The van der Waals surface area contributed by atoms with E-state index in [9.17, 15) is 9.59 Å². The Morgan fingerprint density at radius 3 is 2.25 bits per heavy atom. The summed E-state index contributed by atoms with van der Waals surface area (Å²) in [6.45, 7) is 1.83. The monoisotopic (exact) mass is 470 g/mol. The predicted octanol–water partition coefficient (Wildman–Crippen LogP) is 5.73. The van der Waals surface area contributed by atoms with Gasteiger partial charge in [0.15, 0.2) is 11.5 Å². The van der Waals surface area contributed by atoms with Crippen LogP contribution in [0.1, 0.15) is 17.3 Å². The van der Waals surface area contributed by atoms with E-state index < -0.39 is 0 Å². The maximum atomic E-state index is 12.6. The second-order valence-electron chi connectivity index (χ2n) is 6.81. The summed E-state index contributed by atoms with van der Waals surface area (Å²) < 4.78 is 10.4. The first-order chi connectivity index (χ1) is 15.4. The molecule has 0 spiro atoms.